The van der Waals surface area contributed by atoms with Gasteiger partial charge in [0.05, 0.1) is 32.3 Å². The molecule has 0 unspecified atom stereocenters. The number of benzene rings is 1. The zero-order valence-corrected chi connectivity index (χ0v) is 25.4. The Morgan fingerprint density at radius 3 is 1.83 bits per heavy atom. The molecular formula is C28H49N7O7. The number of rotatable bonds is 23. The Labute approximate surface area is 248 Å². The van der Waals surface area contributed by atoms with Crippen LogP contribution >= 0.6 is 0 Å². The van der Waals surface area contributed by atoms with Crippen molar-refractivity contribution in [2.45, 2.75) is 39.5 Å². The molecule has 0 saturated carbocycles. The van der Waals surface area contributed by atoms with E-state index in [0.717, 1.165) is 17.7 Å². The van der Waals surface area contributed by atoms with Gasteiger partial charge in [0.15, 0.2) is 0 Å². The third-order valence-corrected chi connectivity index (χ3v) is 6.56. The van der Waals surface area contributed by atoms with E-state index in [1.54, 1.807) is 9.80 Å². The van der Waals surface area contributed by atoms with Crippen LogP contribution in [0.3, 0.4) is 0 Å². The molecule has 6 N–H and O–H groups in total. The van der Waals surface area contributed by atoms with Gasteiger partial charge in [-0.05, 0) is 38.2 Å². The van der Waals surface area contributed by atoms with E-state index in [4.69, 9.17) is 15.7 Å². The topological polar surface area (TPSA) is 181 Å². The van der Waals surface area contributed by atoms with Crippen LogP contribution in [0.5, 0.6) is 0 Å². The number of carbonyl (C=O) groups excluding carboxylic acids is 2. The number of hydrogen-bond donors (Lipinski definition) is 5. The number of carbonyl (C=O) groups is 4. The molecule has 0 spiro atoms. The summed E-state index contributed by atoms with van der Waals surface area (Å²) in [6, 6.07) is 6.83. The molecule has 0 saturated heterocycles. The van der Waals surface area contributed by atoms with Crippen LogP contribution in [0.15, 0.2) is 24.3 Å². The van der Waals surface area contributed by atoms with Crippen molar-refractivity contribution < 1.29 is 34.2 Å². The van der Waals surface area contributed by atoms with Gasteiger partial charge in [-0.2, -0.15) is 0 Å². The van der Waals surface area contributed by atoms with Crippen LogP contribution in [-0.4, -0.2) is 139 Å². The highest BCUT2D eigenvalue weighted by molar-refractivity contribution is 5.80. The summed E-state index contributed by atoms with van der Waals surface area (Å²) in [6.07, 6.45) is 0.514. The lowest BCUT2D eigenvalue weighted by molar-refractivity contribution is -0.140. The van der Waals surface area contributed by atoms with Gasteiger partial charge in [0.2, 0.25) is 5.91 Å². The first-order valence-electron chi connectivity index (χ1n) is 14.2. The maximum atomic E-state index is 12.8. The van der Waals surface area contributed by atoms with Gasteiger partial charge in [0, 0.05) is 45.8 Å². The standard InChI is InChI=1S/C28H49N7O7/c1-5-24(29)28(41)31-42-21-23-9-7-22(8-10-23)17-30-25(36)18-34(12-11-32(3)4)15-16-35(20-27(39)40)14-13-33(6-2)19-26(37)38/h7-10,24H,5-6,11-21,29H2,1-4H3,(H,30,36)(H,31,41)(H,37,38)(H,39,40)/t24-/m1/s1. The average Bonchev–Trinajstić information content (AvgIpc) is 2.94. The van der Waals surface area contributed by atoms with Crippen LogP contribution in [-0.2, 0) is 37.2 Å². The molecule has 14 heteroatoms. The average molecular weight is 596 g/mol. The predicted molar refractivity (Wildman–Crippen MR) is 158 cm³/mol. The lowest BCUT2D eigenvalue weighted by Crippen LogP contribution is -2.46. The monoisotopic (exact) mass is 595 g/mol. The largest absolute Gasteiger partial charge is 0.480 e. The zero-order chi connectivity index (χ0) is 31.5. The quantitative estimate of drug-likeness (QED) is 0.100. The molecule has 1 aromatic carbocycles. The molecule has 14 nitrogen and oxygen atoms in total. The summed E-state index contributed by atoms with van der Waals surface area (Å²) in [6.45, 7) is 7.71. The number of likely N-dealkylation sites (N-methyl/N-ethyl adjacent to an activating group) is 2. The second-order valence-corrected chi connectivity index (χ2v) is 10.4. The molecule has 1 aromatic rings. The molecule has 0 fully saturated rings. The van der Waals surface area contributed by atoms with E-state index in [1.807, 2.05) is 62.0 Å². The molecule has 238 valence electrons. The second-order valence-electron chi connectivity index (χ2n) is 10.4. The van der Waals surface area contributed by atoms with Crippen molar-refractivity contribution in [2.75, 3.05) is 79.5 Å². The van der Waals surface area contributed by atoms with Crippen molar-refractivity contribution >= 4 is 23.8 Å². The predicted octanol–water partition coefficient (Wildman–Crippen LogP) is -0.755. The van der Waals surface area contributed by atoms with E-state index >= 15 is 0 Å². The molecule has 42 heavy (non-hydrogen) atoms. The lowest BCUT2D eigenvalue weighted by Gasteiger charge is -2.29. The Balaban J connectivity index is 2.62. The van der Waals surface area contributed by atoms with Gasteiger partial charge in [-0.1, -0.05) is 38.1 Å². The van der Waals surface area contributed by atoms with E-state index in [1.165, 1.54) is 0 Å². The number of nitrogens with two attached hydrogens (primary N) is 1. The zero-order valence-electron chi connectivity index (χ0n) is 25.4. The van der Waals surface area contributed by atoms with Crippen LogP contribution in [0.1, 0.15) is 31.4 Å². The van der Waals surface area contributed by atoms with Crippen LogP contribution in [0.2, 0.25) is 0 Å². The second kappa shape index (κ2) is 20.7. The molecular weight excluding hydrogens is 546 g/mol. The number of hydrogen-bond acceptors (Lipinski definition) is 10. The Kier molecular flexibility index (Phi) is 18.2. The van der Waals surface area contributed by atoms with Crippen LogP contribution < -0.4 is 16.5 Å². The Morgan fingerprint density at radius 1 is 0.810 bits per heavy atom. The molecule has 0 aliphatic carbocycles. The Morgan fingerprint density at radius 2 is 1.31 bits per heavy atom. The number of carboxylic acids is 2. The number of carboxylic acid groups (broad SMARTS) is 2. The van der Waals surface area contributed by atoms with Crippen LogP contribution in [0, 0.1) is 0 Å². The Bertz CT molecular complexity index is 962. The van der Waals surface area contributed by atoms with Gasteiger partial charge in [0.25, 0.3) is 5.91 Å². The summed E-state index contributed by atoms with van der Waals surface area (Å²) in [7, 11) is 3.89. The summed E-state index contributed by atoms with van der Waals surface area (Å²) >= 11 is 0. The summed E-state index contributed by atoms with van der Waals surface area (Å²) in [4.78, 5) is 59.7. The van der Waals surface area contributed by atoms with E-state index in [9.17, 15) is 24.3 Å². The number of hydroxylamine groups is 1. The maximum absolute atomic E-state index is 12.8. The number of amides is 2. The fourth-order valence-corrected chi connectivity index (χ4v) is 3.84. The van der Waals surface area contributed by atoms with Crippen molar-refractivity contribution in [3.63, 3.8) is 0 Å². The number of aliphatic carboxylic acids is 2. The maximum Gasteiger partial charge on any atom is 0.317 e. The lowest BCUT2D eigenvalue weighted by atomic mass is 10.1. The van der Waals surface area contributed by atoms with Gasteiger partial charge in [-0.25, -0.2) is 5.48 Å². The number of nitrogens with one attached hydrogen (secondary N) is 2. The first kappa shape index (κ1) is 36.9. The van der Waals surface area contributed by atoms with E-state index < -0.39 is 18.0 Å². The highest BCUT2D eigenvalue weighted by Gasteiger charge is 2.17. The first-order chi connectivity index (χ1) is 19.9. The Hall–Kier alpha value is -3.14. The molecule has 0 aliphatic heterocycles. The van der Waals surface area contributed by atoms with Crippen molar-refractivity contribution in [3.05, 3.63) is 35.4 Å². The third kappa shape index (κ3) is 17.0. The fourth-order valence-electron chi connectivity index (χ4n) is 3.84. The molecule has 2 amide bonds. The van der Waals surface area contributed by atoms with Gasteiger partial charge in [-0.3, -0.25) is 38.7 Å². The van der Waals surface area contributed by atoms with E-state index in [-0.39, 0.29) is 38.1 Å². The highest BCUT2D eigenvalue weighted by atomic mass is 16.6. The minimum Gasteiger partial charge on any atom is -0.480 e. The number of nitrogens with zero attached hydrogens (tertiary/aromatic N) is 4. The summed E-state index contributed by atoms with van der Waals surface area (Å²) < 4.78 is 0. The minimum atomic E-state index is -0.961. The molecule has 0 aliphatic rings. The smallest absolute Gasteiger partial charge is 0.317 e. The van der Waals surface area contributed by atoms with Gasteiger partial charge >= 0.3 is 11.9 Å². The summed E-state index contributed by atoms with van der Waals surface area (Å²) in [5, 5.41) is 21.4. The molecule has 0 bridgehead atoms. The first-order valence-corrected chi connectivity index (χ1v) is 14.2. The van der Waals surface area contributed by atoms with Crippen molar-refractivity contribution in [2.24, 2.45) is 5.73 Å². The van der Waals surface area contributed by atoms with Crippen molar-refractivity contribution in [3.8, 4) is 0 Å². The fraction of sp³-hybridized carbons (Fsp3) is 0.643. The normalized spacial score (nSPS) is 12.2. The molecule has 0 aromatic heterocycles. The van der Waals surface area contributed by atoms with Gasteiger partial charge in [-0.15, -0.1) is 0 Å². The van der Waals surface area contributed by atoms with E-state index in [0.29, 0.717) is 52.2 Å². The molecule has 0 radical (unpaired) electrons. The third-order valence-electron chi connectivity index (χ3n) is 6.56. The molecule has 0 heterocycles. The van der Waals surface area contributed by atoms with Gasteiger partial charge < -0.3 is 26.2 Å². The van der Waals surface area contributed by atoms with E-state index in [2.05, 4.69) is 10.8 Å². The van der Waals surface area contributed by atoms with Gasteiger partial charge in [0.1, 0.15) is 0 Å². The summed E-state index contributed by atoms with van der Waals surface area (Å²) in [5.74, 6) is -2.41. The summed E-state index contributed by atoms with van der Waals surface area (Å²) in [5.41, 5.74) is 9.73. The molecule has 1 rings (SSSR count). The van der Waals surface area contributed by atoms with Crippen molar-refractivity contribution in [1.82, 2.24) is 30.4 Å². The minimum absolute atomic E-state index is 0.102. The highest BCUT2D eigenvalue weighted by Crippen LogP contribution is 2.06. The molecule has 1 atom stereocenters. The van der Waals surface area contributed by atoms with Crippen LogP contribution in [0.4, 0.5) is 0 Å². The van der Waals surface area contributed by atoms with Crippen molar-refractivity contribution in [1.29, 1.82) is 0 Å². The van der Waals surface area contributed by atoms with Crippen LogP contribution in [0.25, 0.3) is 0 Å². The SMILES string of the molecule is CC[C@@H](N)C(=O)NOCc1ccc(CNC(=O)CN(CCN(C)C)CCN(CCN(CC)CC(=O)O)CC(=O)O)cc1.